The van der Waals surface area contributed by atoms with Crippen molar-refractivity contribution in [2.24, 2.45) is 11.7 Å². The molecule has 2 heterocycles. The Hall–Kier alpha value is -0.320. The Balaban J connectivity index is 0.00000128. The second kappa shape index (κ2) is 6.42. The van der Waals surface area contributed by atoms with E-state index in [0.717, 1.165) is 38.8 Å². The molecule has 0 aliphatic carbocycles. The molecule has 0 aromatic carbocycles. The van der Waals surface area contributed by atoms with Crippen LogP contribution < -0.4 is 5.73 Å². The van der Waals surface area contributed by atoms with Gasteiger partial charge in [0.15, 0.2) is 0 Å². The van der Waals surface area contributed by atoms with E-state index in [1.807, 2.05) is 4.90 Å². The molecular formula is C11H21ClN2O2. The average molecular weight is 249 g/mol. The lowest BCUT2D eigenvalue weighted by atomic mass is 10.0. The first-order valence-corrected chi connectivity index (χ1v) is 5.91. The zero-order chi connectivity index (χ0) is 10.7. The molecule has 2 saturated heterocycles. The fourth-order valence-corrected chi connectivity index (χ4v) is 2.54. The highest BCUT2D eigenvalue weighted by molar-refractivity contribution is 5.85. The predicted molar refractivity (Wildman–Crippen MR) is 64.6 cm³/mol. The van der Waals surface area contributed by atoms with Gasteiger partial charge in [-0.15, -0.1) is 12.4 Å². The highest BCUT2D eigenvalue weighted by Gasteiger charge is 2.33. The van der Waals surface area contributed by atoms with Crippen molar-refractivity contribution in [3.05, 3.63) is 0 Å². The zero-order valence-electron chi connectivity index (χ0n) is 9.56. The van der Waals surface area contributed by atoms with E-state index >= 15 is 0 Å². The summed E-state index contributed by atoms with van der Waals surface area (Å²) >= 11 is 0. The fourth-order valence-electron chi connectivity index (χ4n) is 2.54. The van der Waals surface area contributed by atoms with Gasteiger partial charge in [0, 0.05) is 25.7 Å². The molecule has 2 N–H and O–H groups in total. The van der Waals surface area contributed by atoms with E-state index < -0.39 is 0 Å². The Morgan fingerprint density at radius 3 is 2.81 bits per heavy atom. The first-order valence-electron chi connectivity index (χ1n) is 5.91. The van der Waals surface area contributed by atoms with Crippen LogP contribution in [0.3, 0.4) is 0 Å². The number of carbonyl (C=O) groups excluding carboxylic acids is 1. The van der Waals surface area contributed by atoms with Crippen molar-refractivity contribution >= 4 is 18.3 Å². The van der Waals surface area contributed by atoms with Crippen LogP contribution in [0.15, 0.2) is 0 Å². The van der Waals surface area contributed by atoms with Crippen LogP contribution in [0.2, 0.25) is 0 Å². The maximum atomic E-state index is 12.2. The molecule has 2 atom stereocenters. The topological polar surface area (TPSA) is 55.6 Å². The third-order valence-electron chi connectivity index (χ3n) is 3.44. The standard InChI is InChI=1S/C11H20N2O2.ClH/c12-7-10-4-1-5-13(10)11(14)9-3-2-6-15-8-9;/h9-10H,1-8,12H2;1H. The summed E-state index contributed by atoms with van der Waals surface area (Å²) in [6, 6.07) is 0.277. The lowest BCUT2D eigenvalue weighted by Crippen LogP contribution is -2.44. The molecule has 2 fully saturated rings. The molecule has 4 nitrogen and oxygen atoms in total. The van der Waals surface area contributed by atoms with Crippen LogP contribution in [0.25, 0.3) is 0 Å². The van der Waals surface area contributed by atoms with Crippen LogP contribution in [0.5, 0.6) is 0 Å². The molecule has 2 rings (SSSR count). The number of likely N-dealkylation sites (tertiary alicyclic amines) is 1. The maximum absolute atomic E-state index is 12.2. The molecule has 0 radical (unpaired) electrons. The summed E-state index contributed by atoms with van der Waals surface area (Å²) in [6.45, 7) is 2.90. The minimum absolute atomic E-state index is 0. The minimum Gasteiger partial charge on any atom is -0.381 e. The van der Waals surface area contributed by atoms with Crippen molar-refractivity contribution in [2.45, 2.75) is 31.7 Å². The second-order valence-electron chi connectivity index (χ2n) is 4.48. The van der Waals surface area contributed by atoms with Gasteiger partial charge in [-0.1, -0.05) is 0 Å². The second-order valence-corrected chi connectivity index (χ2v) is 4.48. The Bertz CT molecular complexity index is 232. The number of ether oxygens (including phenoxy) is 1. The summed E-state index contributed by atoms with van der Waals surface area (Å²) in [7, 11) is 0. The van der Waals surface area contributed by atoms with Gasteiger partial charge in [0.2, 0.25) is 5.91 Å². The van der Waals surface area contributed by atoms with Gasteiger partial charge in [-0.05, 0) is 25.7 Å². The van der Waals surface area contributed by atoms with E-state index in [1.54, 1.807) is 0 Å². The van der Waals surface area contributed by atoms with Gasteiger partial charge in [0.1, 0.15) is 0 Å². The molecule has 2 aliphatic heterocycles. The quantitative estimate of drug-likeness (QED) is 0.786. The molecule has 0 saturated carbocycles. The summed E-state index contributed by atoms with van der Waals surface area (Å²) in [5.41, 5.74) is 5.67. The lowest BCUT2D eigenvalue weighted by molar-refractivity contribution is -0.140. The number of nitrogens with two attached hydrogens (primary N) is 1. The van der Waals surface area contributed by atoms with E-state index in [4.69, 9.17) is 10.5 Å². The van der Waals surface area contributed by atoms with Crippen LogP contribution in [0, 0.1) is 5.92 Å². The number of hydrogen-bond donors (Lipinski definition) is 1. The van der Waals surface area contributed by atoms with Crippen LogP contribution in [0.4, 0.5) is 0 Å². The summed E-state index contributed by atoms with van der Waals surface area (Å²) in [5, 5.41) is 0. The number of amides is 1. The van der Waals surface area contributed by atoms with Crippen molar-refractivity contribution < 1.29 is 9.53 Å². The average Bonchev–Trinajstić information content (AvgIpc) is 2.77. The van der Waals surface area contributed by atoms with Gasteiger partial charge in [-0.3, -0.25) is 4.79 Å². The molecule has 0 aromatic heterocycles. The van der Waals surface area contributed by atoms with Gasteiger partial charge in [0.25, 0.3) is 0 Å². The van der Waals surface area contributed by atoms with Gasteiger partial charge >= 0.3 is 0 Å². The van der Waals surface area contributed by atoms with Crippen molar-refractivity contribution in [2.75, 3.05) is 26.3 Å². The smallest absolute Gasteiger partial charge is 0.228 e. The van der Waals surface area contributed by atoms with E-state index in [0.29, 0.717) is 13.2 Å². The van der Waals surface area contributed by atoms with E-state index in [-0.39, 0.29) is 30.3 Å². The van der Waals surface area contributed by atoms with Crippen LogP contribution in [0.1, 0.15) is 25.7 Å². The van der Waals surface area contributed by atoms with Crippen LogP contribution in [-0.2, 0) is 9.53 Å². The summed E-state index contributed by atoms with van der Waals surface area (Å²) < 4.78 is 5.35. The van der Waals surface area contributed by atoms with Gasteiger partial charge in [-0.25, -0.2) is 0 Å². The number of hydrogen-bond acceptors (Lipinski definition) is 3. The molecule has 94 valence electrons. The Kier molecular flexibility index (Phi) is 5.52. The van der Waals surface area contributed by atoms with Crippen LogP contribution in [-0.4, -0.2) is 43.2 Å². The summed E-state index contributed by atoms with van der Waals surface area (Å²) in [5.74, 6) is 0.355. The molecule has 16 heavy (non-hydrogen) atoms. The summed E-state index contributed by atoms with van der Waals surface area (Å²) in [4.78, 5) is 14.1. The fraction of sp³-hybridized carbons (Fsp3) is 0.909. The number of halogens is 1. The molecular weight excluding hydrogens is 228 g/mol. The highest BCUT2D eigenvalue weighted by atomic mass is 35.5. The monoisotopic (exact) mass is 248 g/mol. The first-order chi connectivity index (χ1) is 7.33. The molecule has 5 heteroatoms. The number of rotatable bonds is 2. The first kappa shape index (κ1) is 13.7. The van der Waals surface area contributed by atoms with Crippen molar-refractivity contribution in [3.8, 4) is 0 Å². The molecule has 0 aromatic rings. The van der Waals surface area contributed by atoms with Crippen molar-refractivity contribution in [1.29, 1.82) is 0 Å². The van der Waals surface area contributed by atoms with E-state index in [1.165, 1.54) is 0 Å². The van der Waals surface area contributed by atoms with Gasteiger partial charge in [0.05, 0.1) is 12.5 Å². The zero-order valence-corrected chi connectivity index (χ0v) is 10.4. The third-order valence-corrected chi connectivity index (χ3v) is 3.44. The SMILES string of the molecule is Cl.NCC1CCCN1C(=O)C1CCCOC1. The Morgan fingerprint density at radius 2 is 2.19 bits per heavy atom. The summed E-state index contributed by atoms with van der Waals surface area (Å²) in [6.07, 6.45) is 4.15. The molecule has 0 spiro atoms. The Labute approximate surface area is 103 Å². The molecule has 1 amide bonds. The third kappa shape index (κ3) is 2.87. The molecule has 2 aliphatic rings. The highest BCUT2D eigenvalue weighted by Crippen LogP contribution is 2.22. The van der Waals surface area contributed by atoms with E-state index in [9.17, 15) is 4.79 Å². The van der Waals surface area contributed by atoms with Crippen LogP contribution >= 0.6 is 12.4 Å². The minimum atomic E-state index is 0. The number of nitrogens with zero attached hydrogens (tertiary/aromatic N) is 1. The normalized spacial score (nSPS) is 29.9. The van der Waals surface area contributed by atoms with Crippen molar-refractivity contribution in [3.63, 3.8) is 0 Å². The van der Waals surface area contributed by atoms with Gasteiger partial charge < -0.3 is 15.4 Å². The van der Waals surface area contributed by atoms with Gasteiger partial charge in [-0.2, -0.15) is 0 Å². The Morgan fingerprint density at radius 1 is 1.38 bits per heavy atom. The lowest BCUT2D eigenvalue weighted by Gasteiger charge is -2.30. The predicted octanol–water partition coefficient (Wildman–Crippen LogP) is 0.784. The van der Waals surface area contributed by atoms with Crippen molar-refractivity contribution in [1.82, 2.24) is 4.90 Å². The largest absolute Gasteiger partial charge is 0.381 e. The maximum Gasteiger partial charge on any atom is 0.228 e. The number of carbonyl (C=O) groups is 1. The molecule has 2 unspecified atom stereocenters. The molecule has 0 bridgehead atoms. The van der Waals surface area contributed by atoms with E-state index in [2.05, 4.69) is 0 Å².